The van der Waals surface area contributed by atoms with E-state index in [-0.39, 0.29) is 5.15 Å². The molecule has 5 nitrogen and oxygen atoms in total. The summed E-state index contributed by atoms with van der Waals surface area (Å²) in [5, 5.41) is 12.0. The Morgan fingerprint density at radius 1 is 1.39 bits per heavy atom. The Kier molecular flexibility index (Phi) is 3.24. The van der Waals surface area contributed by atoms with Crippen LogP contribution in [0.2, 0.25) is 5.15 Å². The molecule has 0 aromatic carbocycles. The number of alkyl halides is 2. The quantitative estimate of drug-likeness (QED) is 0.933. The van der Waals surface area contributed by atoms with Crippen LogP contribution in [0.5, 0.6) is 0 Å². The van der Waals surface area contributed by atoms with E-state index < -0.39 is 23.7 Å². The summed E-state index contributed by atoms with van der Waals surface area (Å²) >= 11 is 5.77. The fourth-order valence-electron chi connectivity index (χ4n) is 1.42. The molecule has 1 N–H and O–H groups in total. The van der Waals surface area contributed by atoms with Crippen molar-refractivity contribution in [1.82, 2.24) is 14.8 Å². The summed E-state index contributed by atoms with van der Waals surface area (Å²) in [5.74, 6) is -1.55. The summed E-state index contributed by atoms with van der Waals surface area (Å²) in [5.41, 5.74) is -1.20. The van der Waals surface area contributed by atoms with E-state index in [1.807, 2.05) is 0 Å². The summed E-state index contributed by atoms with van der Waals surface area (Å²) in [7, 11) is 0. The number of aromatic carboxylic acids is 1. The molecule has 0 radical (unpaired) electrons. The number of hydrogen-bond donors (Lipinski definition) is 1. The molecular weight excluding hydrogens is 268 g/mol. The minimum Gasteiger partial charge on any atom is -0.478 e. The summed E-state index contributed by atoms with van der Waals surface area (Å²) in [6.45, 7) is 0. The van der Waals surface area contributed by atoms with Gasteiger partial charge in [0.2, 0.25) is 0 Å². The molecule has 0 fully saturated rings. The van der Waals surface area contributed by atoms with Gasteiger partial charge in [-0.15, -0.1) is 0 Å². The van der Waals surface area contributed by atoms with Crippen LogP contribution in [0.4, 0.5) is 8.78 Å². The number of carboxylic acids is 1. The Balaban J connectivity index is 2.64. The standard InChI is InChI=1S/C10H6ClF2N3O2/c11-8-6(10(17)18)7(9(12)13)15-16(8)5-1-3-14-4-2-5/h1-4,9H,(H,17,18). The molecule has 2 aromatic rings. The zero-order valence-electron chi connectivity index (χ0n) is 8.72. The average molecular weight is 274 g/mol. The number of aromatic nitrogens is 3. The Morgan fingerprint density at radius 2 is 2.00 bits per heavy atom. The van der Waals surface area contributed by atoms with E-state index in [9.17, 15) is 13.6 Å². The molecule has 0 aliphatic rings. The van der Waals surface area contributed by atoms with Crippen molar-refractivity contribution in [2.45, 2.75) is 6.43 Å². The van der Waals surface area contributed by atoms with E-state index in [1.165, 1.54) is 24.5 Å². The lowest BCUT2D eigenvalue weighted by atomic mass is 10.2. The molecule has 2 rings (SSSR count). The van der Waals surface area contributed by atoms with Gasteiger partial charge in [-0.2, -0.15) is 5.10 Å². The van der Waals surface area contributed by atoms with Gasteiger partial charge in [0.1, 0.15) is 16.4 Å². The fourth-order valence-corrected chi connectivity index (χ4v) is 1.73. The topological polar surface area (TPSA) is 68.0 Å². The van der Waals surface area contributed by atoms with Crippen LogP contribution in [-0.2, 0) is 0 Å². The van der Waals surface area contributed by atoms with Gasteiger partial charge in [-0.3, -0.25) is 4.98 Å². The van der Waals surface area contributed by atoms with Gasteiger partial charge in [0.25, 0.3) is 6.43 Å². The first kappa shape index (κ1) is 12.4. The Hall–Kier alpha value is -2.02. The highest BCUT2D eigenvalue weighted by atomic mass is 35.5. The number of rotatable bonds is 3. The average Bonchev–Trinajstić information content (AvgIpc) is 2.68. The molecule has 0 spiro atoms. The fraction of sp³-hybridized carbons (Fsp3) is 0.100. The molecule has 0 saturated carbocycles. The highest BCUT2D eigenvalue weighted by Gasteiger charge is 2.28. The minimum absolute atomic E-state index is 0.351. The van der Waals surface area contributed by atoms with Gasteiger partial charge in [0.15, 0.2) is 0 Å². The third kappa shape index (κ3) is 2.04. The van der Waals surface area contributed by atoms with Crippen molar-refractivity contribution in [2.24, 2.45) is 0 Å². The lowest BCUT2D eigenvalue weighted by Gasteiger charge is -2.01. The second-order valence-electron chi connectivity index (χ2n) is 3.27. The van der Waals surface area contributed by atoms with Crippen LogP contribution in [-0.4, -0.2) is 25.8 Å². The normalized spacial score (nSPS) is 10.9. The first-order valence-corrected chi connectivity index (χ1v) is 5.10. The minimum atomic E-state index is -3.02. The van der Waals surface area contributed by atoms with Crippen molar-refractivity contribution in [3.63, 3.8) is 0 Å². The Morgan fingerprint density at radius 3 is 2.44 bits per heavy atom. The number of halogens is 3. The molecule has 94 valence electrons. The molecule has 18 heavy (non-hydrogen) atoms. The monoisotopic (exact) mass is 273 g/mol. The van der Waals surface area contributed by atoms with Crippen LogP contribution in [0.1, 0.15) is 22.5 Å². The summed E-state index contributed by atoms with van der Waals surface area (Å²) in [6.07, 6.45) is -0.192. The number of carbonyl (C=O) groups is 1. The molecular formula is C10H6ClF2N3O2. The van der Waals surface area contributed by atoms with Gasteiger partial charge in [-0.1, -0.05) is 11.6 Å². The largest absolute Gasteiger partial charge is 0.478 e. The van der Waals surface area contributed by atoms with Crippen molar-refractivity contribution in [2.75, 3.05) is 0 Å². The highest BCUT2D eigenvalue weighted by molar-refractivity contribution is 6.33. The number of carboxylic acid groups (broad SMARTS) is 1. The van der Waals surface area contributed by atoms with Crippen molar-refractivity contribution < 1.29 is 18.7 Å². The van der Waals surface area contributed by atoms with Crippen molar-refractivity contribution in [3.05, 3.63) is 40.9 Å². The predicted octanol–water partition coefficient (Wildman–Crippen LogP) is 2.56. The summed E-state index contributed by atoms with van der Waals surface area (Å²) < 4.78 is 26.3. The zero-order valence-corrected chi connectivity index (χ0v) is 9.47. The molecule has 2 aromatic heterocycles. The lowest BCUT2D eigenvalue weighted by Crippen LogP contribution is -2.00. The summed E-state index contributed by atoms with van der Waals surface area (Å²) in [6, 6.07) is 2.94. The van der Waals surface area contributed by atoms with Gasteiger partial charge in [0, 0.05) is 12.4 Å². The smallest absolute Gasteiger partial charge is 0.341 e. The highest BCUT2D eigenvalue weighted by Crippen LogP contribution is 2.29. The van der Waals surface area contributed by atoms with Gasteiger partial charge in [0.05, 0.1) is 5.69 Å². The van der Waals surface area contributed by atoms with E-state index in [4.69, 9.17) is 16.7 Å². The molecule has 0 amide bonds. The van der Waals surface area contributed by atoms with Crippen LogP contribution < -0.4 is 0 Å². The summed E-state index contributed by atoms with van der Waals surface area (Å²) in [4.78, 5) is 14.7. The lowest BCUT2D eigenvalue weighted by molar-refractivity contribution is 0.0684. The molecule has 0 saturated heterocycles. The van der Waals surface area contributed by atoms with E-state index in [2.05, 4.69) is 10.1 Å². The molecule has 0 unspecified atom stereocenters. The van der Waals surface area contributed by atoms with E-state index in [1.54, 1.807) is 0 Å². The first-order chi connectivity index (χ1) is 8.52. The molecule has 0 aliphatic carbocycles. The number of nitrogens with zero attached hydrogens (tertiary/aromatic N) is 3. The zero-order chi connectivity index (χ0) is 13.3. The third-order valence-corrected chi connectivity index (χ3v) is 2.53. The third-order valence-electron chi connectivity index (χ3n) is 2.18. The molecule has 8 heteroatoms. The van der Waals surface area contributed by atoms with E-state index in [0.29, 0.717) is 5.69 Å². The molecule has 2 heterocycles. The molecule has 0 bridgehead atoms. The van der Waals surface area contributed by atoms with Crippen LogP contribution in [0.3, 0.4) is 0 Å². The van der Waals surface area contributed by atoms with Gasteiger partial charge in [-0.05, 0) is 12.1 Å². The van der Waals surface area contributed by atoms with Gasteiger partial charge >= 0.3 is 5.97 Å². The van der Waals surface area contributed by atoms with E-state index in [0.717, 1.165) is 4.68 Å². The molecule has 0 atom stereocenters. The Labute approximate surface area is 105 Å². The SMILES string of the molecule is O=C(O)c1c(C(F)F)nn(-c2ccncc2)c1Cl. The van der Waals surface area contributed by atoms with Gasteiger partial charge < -0.3 is 5.11 Å². The van der Waals surface area contributed by atoms with E-state index >= 15 is 0 Å². The second-order valence-corrected chi connectivity index (χ2v) is 3.63. The predicted molar refractivity (Wildman–Crippen MR) is 58.3 cm³/mol. The maximum atomic E-state index is 12.7. The van der Waals surface area contributed by atoms with Crippen LogP contribution >= 0.6 is 11.6 Å². The van der Waals surface area contributed by atoms with Crippen LogP contribution in [0.25, 0.3) is 5.69 Å². The van der Waals surface area contributed by atoms with Crippen LogP contribution in [0, 0.1) is 0 Å². The van der Waals surface area contributed by atoms with Crippen molar-refractivity contribution in [1.29, 1.82) is 0 Å². The second kappa shape index (κ2) is 4.69. The van der Waals surface area contributed by atoms with Crippen molar-refractivity contribution in [3.8, 4) is 5.69 Å². The molecule has 0 aliphatic heterocycles. The van der Waals surface area contributed by atoms with Crippen molar-refractivity contribution >= 4 is 17.6 Å². The van der Waals surface area contributed by atoms with Gasteiger partial charge in [-0.25, -0.2) is 18.3 Å². The Bertz CT molecular complexity index is 586. The van der Waals surface area contributed by atoms with Crippen LogP contribution in [0.15, 0.2) is 24.5 Å². The maximum Gasteiger partial charge on any atom is 0.341 e. The first-order valence-electron chi connectivity index (χ1n) is 4.72. The maximum absolute atomic E-state index is 12.7. The number of pyridine rings is 1. The number of hydrogen-bond acceptors (Lipinski definition) is 3.